The van der Waals surface area contributed by atoms with Crippen molar-refractivity contribution in [3.63, 3.8) is 0 Å². The zero-order chi connectivity index (χ0) is 15.1. The molecule has 3 unspecified atom stereocenters. The summed E-state index contributed by atoms with van der Waals surface area (Å²) in [6.45, 7) is 9.07. The van der Waals surface area contributed by atoms with Crippen LogP contribution in [0.3, 0.4) is 0 Å². The molecule has 0 saturated heterocycles. The highest BCUT2D eigenvalue weighted by Gasteiger charge is 2.30. The summed E-state index contributed by atoms with van der Waals surface area (Å²) in [6, 6.07) is 9.47. The molecule has 1 aliphatic carbocycles. The molecule has 1 saturated carbocycles. The number of hydrogen-bond donors (Lipinski definition) is 1. The fraction of sp³-hybridized carbons (Fsp3) is 0.700. The first-order chi connectivity index (χ1) is 10.3. The fourth-order valence-corrected chi connectivity index (χ4v) is 3.97. The van der Waals surface area contributed by atoms with Crippen LogP contribution in [-0.4, -0.2) is 13.1 Å². The highest BCUT2D eigenvalue weighted by Crippen LogP contribution is 2.42. The molecule has 1 aliphatic rings. The third-order valence-electron chi connectivity index (χ3n) is 5.27. The summed E-state index contributed by atoms with van der Waals surface area (Å²) >= 11 is 0. The molecular formula is C20H33N. The van der Waals surface area contributed by atoms with Gasteiger partial charge in [0.25, 0.3) is 0 Å². The van der Waals surface area contributed by atoms with Gasteiger partial charge in [-0.05, 0) is 61.2 Å². The molecule has 1 N–H and O–H groups in total. The van der Waals surface area contributed by atoms with Crippen LogP contribution in [0.15, 0.2) is 24.3 Å². The SMILES string of the molecule is CCCC1CCC(CNCC)C(c2ccc(CC)cc2)C1. The molecule has 0 aromatic heterocycles. The first kappa shape index (κ1) is 16.5. The lowest BCUT2D eigenvalue weighted by Crippen LogP contribution is -2.32. The van der Waals surface area contributed by atoms with Crippen molar-refractivity contribution in [2.45, 2.75) is 65.2 Å². The van der Waals surface area contributed by atoms with E-state index in [-0.39, 0.29) is 0 Å². The Morgan fingerprint density at radius 2 is 1.81 bits per heavy atom. The second-order valence-corrected chi connectivity index (χ2v) is 6.74. The Morgan fingerprint density at radius 1 is 1.05 bits per heavy atom. The average Bonchev–Trinajstić information content (AvgIpc) is 2.54. The Bertz CT molecular complexity index is 395. The van der Waals surface area contributed by atoms with E-state index in [9.17, 15) is 0 Å². The number of aryl methyl sites for hydroxylation is 1. The molecule has 0 heterocycles. The second-order valence-electron chi connectivity index (χ2n) is 6.74. The van der Waals surface area contributed by atoms with Gasteiger partial charge in [-0.25, -0.2) is 0 Å². The topological polar surface area (TPSA) is 12.0 Å². The predicted molar refractivity (Wildman–Crippen MR) is 92.8 cm³/mol. The molecular weight excluding hydrogens is 254 g/mol. The van der Waals surface area contributed by atoms with Crippen molar-refractivity contribution in [3.8, 4) is 0 Å². The van der Waals surface area contributed by atoms with Crippen LogP contribution in [0.4, 0.5) is 0 Å². The van der Waals surface area contributed by atoms with Gasteiger partial charge in [0, 0.05) is 0 Å². The van der Waals surface area contributed by atoms with Crippen LogP contribution < -0.4 is 5.32 Å². The Labute approximate surface area is 131 Å². The maximum absolute atomic E-state index is 3.59. The van der Waals surface area contributed by atoms with E-state index in [1.807, 2.05) is 0 Å². The smallest absolute Gasteiger partial charge is 0.00148 e. The van der Waals surface area contributed by atoms with Gasteiger partial charge in [0.15, 0.2) is 0 Å². The average molecular weight is 287 g/mol. The van der Waals surface area contributed by atoms with Gasteiger partial charge in [-0.1, -0.05) is 64.3 Å². The monoisotopic (exact) mass is 287 g/mol. The zero-order valence-electron chi connectivity index (χ0n) is 14.2. The highest BCUT2D eigenvalue weighted by molar-refractivity contribution is 5.26. The van der Waals surface area contributed by atoms with E-state index in [1.165, 1.54) is 44.2 Å². The Morgan fingerprint density at radius 3 is 2.43 bits per heavy atom. The third kappa shape index (κ3) is 4.57. The molecule has 1 fully saturated rings. The van der Waals surface area contributed by atoms with Crippen molar-refractivity contribution in [2.24, 2.45) is 11.8 Å². The molecule has 0 amide bonds. The van der Waals surface area contributed by atoms with E-state index in [2.05, 4.69) is 50.4 Å². The summed E-state index contributed by atoms with van der Waals surface area (Å²) in [5.74, 6) is 2.54. The molecule has 0 spiro atoms. The van der Waals surface area contributed by atoms with Crippen LogP contribution >= 0.6 is 0 Å². The number of nitrogens with one attached hydrogen (secondary N) is 1. The van der Waals surface area contributed by atoms with Gasteiger partial charge in [0.2, 0.25) is 0 Å². The minimum Gasteiger partial charge on any atom is -0.317 e. The van der Waals surface area contributed by atoms with Crippen LogP contribution in [0, 0.1) is 11.8 Å². The quantitative estimate of drug-likeness (QED) is 0.730. The van der Waals surface area contributed by atoms with Crippen LogP contribution in [-0.2, 0) is 6.42 Å². The van der Waals surface area contributed by atoms with E-state index in [1.54, 1.807) is 5.56 Å². The molecule has 1 aromatic carbocycles. The lowest BCUT2D eigenvalue weighted by molar-refractivity contribution is 0.221. The van der Waals surface area contributed by atoms with Crippen LogP contribution in [0.25, 0.3) is 0 Å². The molecule has 0 radical (unpaired) electrons. The molecule has 0 aliphatic heterocycles. The molecule has 0 bridgehead atoms. The van der Waals surface area contributed by atoms with E-state index in [0.29, 0.717) is 0 Å². The summed E-state index contributed by atoms with van der Waals surface area (Å²) in [4.78, 5) is 0. The maximum Gasteiger partial charge on any atom is -0.00148 e. The summed E-state index contributed by atoms with van der Waals surface area (Å²) < 4.78 is 0. The van der Waals surface area contributed by atoms with Gasteiger partial charge in [0.05, 0.1) is 0 Å². The van der Waals surface area contributed by atoms with Gasteiger partial charge in [-0.2, -0.15) is 0 Å². The van der Waals surface area contributed by atoms with Gasteiger partial charge in [-0.15, -0.1) is 0 Å². The van der Waals surface area contributed by atoms with Crippen LogP contribution in [0.5, 0.6) is 0 Å². The molecule has 1 nitrogen and oxygen atoms in total. The van der Waals surface area contributed by atoms with Gasteiger partial charge >= 0.3 is 0 Å². The predicted octanol–water partition coefficient (Wildman–Crippen LogP) is 5.16. The summed E-state index contributed by atoms with van der Waals surface area (Å²) in [6.07, 6.45) is 8.13. The van der Waals surface area contributed by atoms with Crippen molar-refractivity contribution >= 4 is 0 Å². The lowest BCUT2D eigenvalue weighted by atomic mass is 9.70. The Hall–Kier alpha value is -0.820. The third-order valence-corrected chi connectivity index (χ3v) is 5.27. The van der Waals surface area contributed by atoms with E-state index < -0.39 is 0 Å². The van der Waals surface area contributed by atoms with E-state index >= 15 is 0 Å². The number of benzene rings is 1. The molecule has 2 rings (SSSR count). The van der Waals surface area contributed by atoms with Crippen molar-refractivity contribution in [1.29, 1.82) is 0 Å². The Kier molecular flexibility index (Phi) is 6.76. The molecule has 3 atom stereocenters. The lowest BCUT2D eigenvalue weighted by Gasteiger charge is -2.37. The first-order valence-corrected chi connectivity index (χ1v) is 9.07. The van der Waals surface area contributed by atoms with Gasteiger partial charge < -0.3 is 5.32 Å². The second kappa shape index (κ2) is 8.58. The maximum atomic E-state index is 3.59. The van der Waals surface area contributed by atoms with Gasteiger partial charge in [0.1, 0.15) is 0 Å². The fourth-order valence-electron chi connectivity index (χ4n) is 3.97. The molecule has 1 heteroatoms. The van der Waals surface area contributed by atoms with E-state index in [4.69, 9.17) is 0 Å². The van der Waals surface area contributed by atoms with Crippen molar-refractivity contribution in [3.05, 3.63) is 35.4 Å². The number of hydrogen-bond acceptors (Lipinski definition) is 1. The number of rotatable bonds is 7. The van der Waals surface area contributed by atoms with Crippen LogP contribution in [0.2, 0.25) is 0 Å². The highest BCUT2D eigenvalue weighted by atomic mass is 14.8. The standard InChI is InChI=1S/C20H33N/c1-4-7-17-10-13-19(15-21-6-3)20(14-17)18-11-8-16(5-2)9-12-18/h8-9,11-12,17,19-21H,4-7,10,13-15H2,1-3H3. The van der Waals surface area contributed by atoms with Crippen molar-refractivity contribution in [2.75, 3.05) is 13.1 Å². The molecule has 118 valence electrons. The van der Waals surface area contributed by atoms with Crippen LogP contribution in [0.1, 0.15) is 69.9 Å². The summed E-state index contributed by atoms with van der Waals surface area (Å²) in [5.41, 5.74) is 3.04. The molecule has 21 heavy (non-hydrogen) atoms. The van der Waals surface area contributed by atoms with Crippen molar-refractivity contribution in [1.82, 2.24) is 5.32 Å². The minimum absolute atomic E-state index is 0.764. The Balaban J connectivity index is 2.10. The van der Waals surface area contributed by atoms with Crippen molar-refractivity contribution < 1.29 is 0 Å². The largest absolute Gasteiger partial charge is 0.317 e. The first-order valence-electron chi connectivity index (χ1n) is 9.07. The molecule has 1 aromatic rings. The summed E-state index contributed by atoms with van der Waals surface area (Å²) in [7, 11) is 0. The minimum atomic E-state index is 0.764. The summed E-state index contributed by atoms with van der Waals surface area (Å²) in [5, 5.41) is 3.59. The van der Waals surface area contributed by atoms with E-state index in [0.717, 1.165) is 30.7 Å². The van der Waals surface area contributed by atoms with Gasteiger partial charge in [-0.3, -0.25) is 0 Å². The zero-order valence-corrected chi connectivity index (χ0v) is 14.2. The normalized spacial score (nSPS) is 26.0.